The van der Waals surface area contributed by atoms with Gasteiger partial charge >= 0.3 is 0 Å². The molecule has 4 heteroatoms. The fourth-order valence-corrected chi connectivity index (χ4v) is 7.80. The van der Waals surface area contributed by atoms with Crippen LogP contribution in [0, 0.1) is 0 Å². The highest BCUT2D eigenvalue weighted by Crippen LogP contribution is 2.15. The molecule has 2 atom stereocenters. The Bertz CT molecular complexity index is 1250. The van der Waals surface area contributed by atoms with Gasteiger partial charge < -0.3 is 15.5 Å². The van der Waals surface area contributed by atoms with Crippen LogP contribution in [-0.2, 0) is 4.79 Å². The zero-order valence-corrected chi connectivity index (χ0v) is 42.7. The second-order valence-corrected chi connectivity index (χ2v) is 18.2. The maximum Gasteiger partial charge on any atom is 0.220 e. The van der Waals surface area contributed by atoms with E-state index in [9.17, 15) is 15.0 Å². The first kappa shape index (κ1) is 62.1. The van der Waals surface area contributed by atoms with E-state index in [1.165, 1.54) is 154 Å². The lowest BCUT2D eigenvalue weighted by atomic mass is 10.0. The van der Waals surface area contributed by atoms with Crippen LogP contribution in [0.2, 0.25) is 0 Å². The zero-order chi connectivity index (χ0) is 47.0. The number of rotatable bonds is 49. The van der Waals surface area contributed by atoms with Crippen LogP contribution >= 0.6 is 0 Å². The molecule has 1 amide bonds. The number of carbonyl (C=O) groups is 1. The summed E-state index contributed by atoms with van der Waals surface area (Å²) in [6.45, 7) is 4.17. The number of amides is 1. The number of allylic oxidation sites excluding steroid dienone is 17. The molecular weight excluding hydrogens is 795 g/mol. The van der Waals surface area contributed by atoms with Crippen LogP contribution in [-0.4, -0.2) is 34.9 Å². The molecule has 4 nitrogen and oxygen atoms in total. The molecule has 0 aliphatic heterocycles. The van der Waals surface area contributed by atoms with Crippen LogP contribution in [0.4, 0.5) is 0 Å². The molecule has 0 bridgehead atoms. The van der Waals surface area contributed by atoms with Crippen molar-refractivity contribution in [2.45, 2.75) is 264 Å². The van der Waals surface area contributed by atoms with E-state index in [1.54, 1.807) is 6.08 Å². The predicted molar refractivity (Wildman–Crippen MR) is 289 cm³/mol. The molecule has 0 rings (SSSR count). The minimum absolute atomic E-state index is 0.0798. The van der Waals surface area contributed by atoms with Crippen molar-refractivity contribution in [2.75, 3.05) is 6.61 Å². The molecule has 0 aromatic carbocycles. The number of nitrogens with one attached hydrogen (secondary N) is 1. The monoisotopic (exact) mass is 900 g/mol. The van der Waals surface area contributed by atoms with Crippen LogP contribution in [0.25, 0.3) is 0 Å². The molecule has 0 aromatic heterocycles. The summed E-state index contributed by atoms with van der Waals surface area (Å²) in [6, 6.07) is -0.650. The van der Waals surface area contributed by atoms with Gasteiger partial charge in [-0.25, -0.2) is 0 Å². The van der Waals surface area contributed by atoms with Gasteiger partial charge in [-0.2, -0.15) is 0 Å². The molecule has 3 N–H and O–H groups in total. The van der Waals surface area contributed by atoms with Gasteiger partial charge in [0.15, 0.2) is 0 Å². The molecule has 0 heterocycles. The lowest BCUT2D eigenvalue weighted by Crippen LogP contribution is -2.45. The predicted octanol–water partition coefficient (Wildman–Crippen LogP) is 18.3. The van der Waals surface area contributed by atoms with Crippen molar-refractivity contribution in [1.82, 2.24) is 5.32 Å². The Morgan fingerprint density at radius 1 is 0.385 bits per heavy atom. The highest BCUT2D eigenvalue weighted by molar-refractivity contribution is 5.76. The third-order valence-electron chi connectivity index (χ3n) is 12.0. The largest absolute Gasteiger partial charge is 0.394 e. The lowest BCUT2D eigenvalue weighted by Gasteiger charge is -2.19. The molecule has 0 aliphatic carbocycles. The minimum Gasteiger partial charge on any atom is -0.394 e. The topological polar surface area (TPSA) is 69.6 Å². The van der Waals surface area contributed by atoms with Crippen molar-refractivity contribution in [1.29, 1.82) is 0 Å². The Labute approximate surface area is 404 Å². The molecule has 0 aliphatic rings. The minimum atomic E-state index is -0.874. The van der Waals surface area contributed by atoms with Crippen molar-refractivity contribution in [3.8, 4) is 0 Å². The van der Waals surface area contributed by atoms with Gasteiger partial charge in [-0.1, -0.05) is 258 Å². The second kappa shape index (κ2) is 55.4. The van der Waals surface area contributed by atoms with Gasteiger partial charge in [0.25, 0.3) is 0 Å². The Kier molecular flexibility index (Phi) is 52.9. The number of carbonyl (C=O) groups excluding carboxylic acids is 1. The molecule has 0 aromatic rings. The maximum absolute atomic E-state index is 12.4. The molecule has 65 heavy (non-hydrogen) atoms. The number of aliphatic hydroxyl groups is 2. The van der Waals surface area contributed by atoms with Crippen LogP contribution in [0.3, 0.4) is 0 Å². The van der Waals surface area contributed by atoms with Gasteiger partial charge in [0.2, 0.25) is 5.91 Å². The van der Waals surface area contributed by atoms with E-state index in [4.69, 9.17) is 0 Å². The summed E-state index contributed by atoms with van der Waals surface area (Å²) in [5.74, 6) is -0.0798. The Morgan fingerprint density at radius 2 is 0.692 bits per heavy atom. The van der Waals surface area contributed by atoms with Crippen molar-refractivity contribution in [3.63, 3.8) is 0 Å². The molecule has 0 spiro atoms. The normalized spacial score (nSPS) is 13.7. The highest BCUT2D eigenvalue weighted by atomic mass is 16.3. The van der Waals surface area contributed by atoms with Crippen LogP contribution < -0.4 is 5.32 Å². The van der Waals surface area contributed by atoms with Crippen molar-refractivity contribution >= 4 is 5.91 Å². The summed E-state index contributed by atoms with van der Waals surface area (Å²) in [4.78, 5) is 12.4. The zero-order valence-electron chi connectivity index (χ0n) is 42.7. The van der Waals surface area contributed by atoms with Gasteiger partial charge in [-0.3, -0.25) is 4.79 Å². The highest BCUT2D eigenvalue weighted by Gasteiger charge is 2.17. The fourth-order valence-electron chi connectivity index (χ4n) is 7.80. The number of aliphatic hydroxyl groups excluding tert-OH is 2. The van der Waals surface area contributed by atoms with Crippen LogP contribution in [0.5, 0.6) is 0 Å². The van der Waals surface area contributed by atoms with E-state index in [0.29, 0.717) is 6.42 Å². The SMILES string of the molecule is CC/C=C\C/C=C\C/C=C\C/C=C\C/C=C\C/C=C\CCCCCCCCCCCCCCCCCCCCC(=O)NC(CO)C(O)/C=C/CC/C=C/CC/C=C/CCCCCCCC. The Balaban J connectivity index is 3.53. The number of hydrogen-bond acceptors (Lipinski definition) is 3. The molecule has 0 fully saturated rings. The van der Waals surface area contributed by atoms with Gasteiger partial charge in [0.05, 0.1) is 18.8 Å². The first-order valence-electron chi connectivity index (χ1n) is 27.6. The van der Waals surface area contributed by atoms with Crippen molar-refractivity contribution in [2.24, 2.45) is 0 Å². The summed E-state index contributed by atoms with van der Waals surface area (Å²) in [7, 11) is 0. The standard InChI is InChI=1S/C61H105NO3/c1-3-5-7-9-11-13-15-17-19-21-22-23-24-25-26-27-28-29-30-31-32-33-34-35-36-37-38-39-40-41-43-45-47-49-51-53-55-57-61(65)62-59(58-63)60(64)56-54-52-50-48-46-44-42-20-18-16-14-12-10-8-6-4-2/h5,7,11,13,17-20,22-23,25-26,28-29,46,48,54,56,59-60,63-64H,3-4,6,8-10,12,14-16,21,24,27,30-45,47,49-53,55,57-58H2,1-2H3,(H,62,65)/b7-5-,13-11-,19-17-,20-18+,23-22-,26-25-,29-28-,48-46+,56-54+. The lowest BCUT2D eigenvalue weighted by molar-refractivity contribution is -0.123. The average Bonchev–Trinajstić information content (AvgIpc) is 3.31. The van der Waals surface area contributed by atoms with Crippen molar-refractivity contribution < 1.29 is 15.0 Å². The molecule has 0 saturated carbocycles. The van der Waals surface area contributed by atoms with E-state index < -0.39 is 12.1 Å². The third kappa shape index (κ3) is 51.9. The summed E-state index contributed by atoms with van der Waals surface area (Å²) in [5, 5.41) is 23.1. The molecule has 372 valence electrons. The van der Waals surface area contributed by atoms with E-state index in [-0.39, 0.29) is 12.5 Å². The first-order valence-corrected chi connectivity index (χ1v) is 27.6. The summed E-state index contributed by atoms with van der Waals surface area (Å²) in [6.07, 6.45) is 83.9. The van der Waals surface area contributed by atoms with Gasteiger partial charge in [0.1, 0.15) is 0 Å². The van der Waals surface area contributed by atoms with Crippen LogP contribution in [0.15, 0.2) is 109 Å². The van der Waals surface area contributed by atoms with Crippen molar-refractivity contribution in [3.05, 3.63) is 109 Å². The second-order valence-electron chi connectivity index (χ2n) is 18.2. The molecule has 2 unspecified atom stereocenters. The molecule has 0 radical (unpaired) electrons. The molecule has 0 saturated heterocycles. The van der Waals surface area contributed by atoms with Gasteiger partial charge in [0, 0.05) is 6.42 Å². The number of unbranched alkanes of at least 4 members (excludes halogenated alkanes) is 26. The third-order valence-corrected chi connectivity index (χ3v) is 12.0. The van der Waals surface area contributed by atoms with Gasteiger partial charge in [-0.05, 0) is 96.3 Å². The summed E-state index contributed by atoms with van der Waals surface area (Å²) >= 11 is 0. The van der Waals surface area contributed by atoms with E-state index in [2.05, 4.69) is 116 Å². The molecular formula is C61H105NO3. The average molecular weight is 901 g/mol. The smallest absolute Gasteiger partial charge is 0.220 e. The van der Waals surface area contributed by atoms with E-state index in [1.807, 2.05) is 6.08 Å². The quantitative estimate of drug-likeness (QED) is 0.0421. The first-order chi connectivity index (χ1) is 32.2. The fraction of sp³-hybridized carbons (Fsp3) is 0.689. The Morgan fingerprint density at radius 3 is 1.08 bits per heavy atom. The summed E-state index contributed by atoms with van der Waals surface area (Å²) in [5.41, 5.74) is 0. The van der Waals surface area contributed by atoms with E-state index in [0.717, 1.165) is 77.0 Å². The summed E-state index contributed by atoms with van der Waals surface area (Å²) < 4.78 is 0. The van der Waals surface area contributed by atoms with Gasteiger partial charge in [-0.15, -0.1) is 0 Å². The van der Waals surface area contributed by atoms with Crippen LogP contribution in [0.1, 0.15) is 251 Å². The number of hydrogen-bond donors (Lipinski definition) is 3. The Hall–Kier alpha value is -2.95. The maximum atomic E-state index is 12.4. The van der Waals surface area contributed by atoms with E-state index >= 15 is 0 Å².